The molecule has 0 amide bonds. The van der Waals surface area contributed by atoms with Crippen LogP contribution in [-0.2, 0) is 5.60 Å². The Labute approximate surface area is 115 Å². The molecule has 0 aromatic heterocycles. The molecule has 0 spiro atoms. The predicted molar refractivity (Wildman–Crippen MR) is 73.2 cm³/mol. The van der Waals surface area contributed by atoms with Crippen molar-refractivity contribution in [3.63, 3.8) is 0 Å². The van der Waals surface area contributed by atoms with Crippen LogP contribution in [0.3, 0.4) is 0 Å². The molecular weight excluding hydrogens is 271 g/mol. The fraction of sp³-hybridized carbons (Fsp3) is 0.143. The first-order chi connectivity index (χ1) is 8.41. The number of aliphatic hydroxyl groups is 1. The van der Waals surface area contributed by atoms with Gasteiger partial charge in [-0.3, -0.25) is 0 Å². The minimum Gasteiger partial charge on any atom is -0.508 e. The maximum Gasteiger partial charge on any atom is 0.115 e. The number of hydrogen-bond acceptors (Lipinski definition) is 2. The first kappa shape index (κ1) is 13.2. The highest BCUT2D eigenvalue weighted by Gasteiger charge is 2.26. The molecule has 0 saturated carbocycles. The second kappa shape index (κ2) is 4.81. The van der Waals surface area contributed by atoms with E-state index in [4.69, 9.17) is 23.2 Å². The van der Waals surface area contributed by atoms with Crippen molar-refractivity contribution in [1.82, 2.24) is 0 Å². The lowest BCUT2D eigenvalue weighted by Gasteiger charge is -2.25. The van der Waals surface area contributed by atoms with E-state index in [-0.39, 0.29) is 5.75 Å². The van der Waals surface area contributed by atoms with Crippen molar-refractivity contribution < 1.29 is 10.2 Å². The molecule has 2 aromatic carbocycles. The summed E-state index contributed by atoms with van der Waals surface area (Å²) in [6, 6.07) is 11.4. The maximum absolute atomic E-state index is 10.6. The fourth-order valence-corrected chi connectivity index (χ4v) is 2.05. The zero-order valence-corrected chi connectivity index (χ0v) is 11.2. The Morgan fingerprint density at radius 1 is 0.889 bits per heavy atom. The molecule has 0 aliphatic heterocycles. The molecule has 0 fully saturated rings. The van der Waals surface area contributed by atoms with Gasteiger partial charge in [-0.2, -0.15) is 0 Å². The van der Waals surface area contributed by atoms with Crippen LogP contribution in [-0.4, -0.2) is 10.2 Å². The van der Waals surface area contributed by atoms with Gasteiger partial charge in [0.2, 0.25) is 0 Å². The molecule has 1 unspecified atom stereocenters. The third-order valence-electron chi connectivity index (χ3n) is 2.91. The summed E-state index contributed by atoms with van der Waals surface area (Å²) >= 11 is 11.8. The van der Waals surface area contributed by atoms with Crippen molar-refractivity contribution in [2.75, 3.05) is 0 Å². The van der Waals surface area contributed by atoms with Crippen molar-refractivity contribution in [1.29, 1.82) is 0 Å². The average molecular weight is 283 g/mol. The van der Waals surface area contributed by atoms with Crippen LogP contribution in [0.5, 0.6) is 5.75 Å². The van der Waals surface area contributed by atoms with E-state index in [1.807, 2.05) is 0 Å². The molecule has 0 saturated heterocycles. The Kier molecular flexibility index (Phi) is 3.53. The van der Waals surface area contributed by atoms with Gasteiger partial charge in [-0.05, 0) is 42.3 Å². The minimum absolute atomic E-state index is 0.156. The first-order valence-corrected chi connectivity index (χ1v) is 6.14. The quantitative estimate of drug-likeness (QED) is 0.876. The smallest absolute Gasteiger partial charge is 0.115 e. The monoisotopic (exact) mass is 282 g/mol. The van der Waals surface area contributed by atoms with Crippen molar-refractivity contribution in [3.05, 3.63) is 63.6 Å². The number of aromatic hydroxyl groups is 1. The number of hydrogen-bond donors (Lipinski definition) is 2. The lowest BCUT2D eigenvalue weighted by Crippen LogP contribution is -2.22. The van der Waals surface area contributed by atoms with Gasteiger partial charge in [0.25, 0.3) is 0 Å². The zero-order chi connectivity index (χ0) is 13.3. The topological polar surface area (TPSA) is 40.5 Å². The molecule has 4 heteroatoms. The summed E-state index contributed by atoms with van der Waals surface area (Å²) in [5.74, 6) is 0.156. The molecule has 1 atom stereocenters. The van der Waals surface area contributed by atoms with E-state index in [0.717, 1.165) is 0 Å². The summed E-state index contributed by atoms with van der Waals surface area (Å²) < 4.78 is 0. The highest BCUT2D eigenvalue weighted by molar-refractivity contribution is 6.42. The number of rotatable bonds is 2. The zero-order valence-electron chi connectivity index (χ0n) is 9.69. The van der Waals surface area contributed by atoms with E-state index in [0.29, 0.717) is 21.2 Å². The number of phenolic OH excluding ortho intramolecular Hbond substituents is 1. The average Bonchev–Trinajstić information content (AvgIpc) is 2.33. The van der Waals surface area contributed by atoms with Gasteiger partial charge in [0.1, 0.15) is 11.4 Å². The summed E-state index contributed by atoms with van der Waals surface area (Å²) in [5.41, 5.74) is 0.114. The van der Waals surface area contributed by atoms with Crippen molar-refractivity contribution in [2.45, 2.75) is 12.5 Å². The van der Waals surface area contributed by atoms with Gasteiger partial charge >= 0.3 is 0 Å². The summed E-state index contributed by atoms with van der Waals surface area (Å²) in [6.07, 6.45) is 0. The summed E-state index contributed by atoms with van der Waals surface area (Å²) in [4.78, 5) is 0. The summed E-state index contributed by atoms with van der Waals surface area (Å²) in [5, 5.41) is 20.7. The van der Waals surface area contributed by atoms with E-state index in [9.17, 15) is 10.2 Å². The van der Waals surface area contributed by atoms with E-state index in [1.165, 1.54) is 12.1 Å². The molecule has 2 N–H and O–H groups in total. The van der Waals surface area contributed by atoms with Crippen LogP contribution < -0.4 is 0 Å². The molecule has 0 bridgehead atoms. The molecule has 0 aliphatic rings. The Morgan fingerprint density at radius 3 is 2.00 bits per heavy atom. The number of halogens is 2. The molecule has 0 radical (unpaired) electrons. The molecule has 0 aliphatic carbocycles. The van der Waals surface area contributed by atoms with Crippen LogP contribution >= 0.6 is 23.2 Å². The van der Waals surface area contributed by atoms with Crippen LogP contribution in [0.1, 0.15) is 18.1 Å². The van der Waals surface area contributed by atoms with Gasteiger partial charge in [-0.25, -0.2) is 0 Å². The summed E-state index contributed by atoms with van der Waals surface area (Å²) in [6.45, 7) is 1.67. The third-order valence-corrected chi connectivity index (χ3v) is 3.65. The Bertz CT molecular complexity index is 563. The van der Waals surface area contributed by atoms with Crippen molar-refractivity contribution >= 4 is 23.2 Å². The van der Waals surface area contributed by atoms with Crippen molar-refractivity contribution in [2.24, 2.45) is 0 Å². The van der Waals surface area contributed by atoms with Gasteiger partial charge in [-0.15, -0.1) is 0 Å². The van der Waals surface area contributed by atoms with E-state index in [2.05, 4.69) is 0 Å². The standard InChI is InChI=1S/C14H12Cl2O2/c1-14(18,9-2-5-11(17)6-3-9)10-4-7-12(15)13(16)8-10/h2-8,17-18H,1H3. The van der Waals surface area contributed by atoms with Gasteiger partial charge in [0.05, 0.1) is 10.0 Å². The fourth-order valence-electron chi connectivity index (χ4n) is 1.75. The maximum atomic E-state index is 10.6. The van der Waals surface area contributed by atoms with Gasteiger partial charge in [0.15, 0.2) is 0 Å². The Hall–Kier alpha value is -1.22. The lowest BCUT2D eigenvalue weighted by molar-refractivity contribution is 0.102. The van der Waals surface area contributed by atoms with Gasteiger partial charge in [0, 0.05) is 0 Å². The van der Waals surface area contributed by atoms with Gasteiger partial charge in [-0.1, -0.05) is 41.4 Å². The molecule has 2 rings (SSSR count). The molecule has 18 heavy (non-hydrogen) atoms. The van der Waals surface area contributed by atoms with E-state index < -0.39 is 5.60 Å². The Morgan fingerprint density at radius 2 is 1.44 bits per heavy atom. The second-order valence-electron chi connectivity index (χ2n) is 4.25. The van der Waals surface area contributed by atoms with E-state index in [1.54, 1.807) is 37.3 Å². The highest BCUT2D eigenvalue weighted by atomic mass is 35.5. The predicted octanol–water partition coefficient (Wildman–Crippen LogP) is 3.95. The van der Waals surface area contributed by atoms with E-state index >= 15 is 0 Å². The van der Waals surface area contributed by atoms with Crippen LogP contribution in [0.4, 0.5) is 0 Å². The van der Waals surface area contributed by atoms with Crippen LogP contribution in [0, 0.1) is 0 Å². The second-order valence-corrected chi connectivity index (χ2v) is 5.06. The molecule has 2 aromatic rings. The first-order valence-electron chi connectivity index (χ1n) is 5.38. The molecule has 94 valence electrons. The van der Waals surface area contributed by atoms with Crippen LogP contribution in [0.15, 0.2) is 42.5 Å². The normalized spacial score (nSPS) is 14.2. The SMILES string of the molecule is CC(O)(c1ccc(O)cc1)c1ccc(Cl)c(Cl)c1. The summed E-state index contributed by atoms with van der Waals surface area (Å²) in [7, 11) is 0. The molecular formula is C14H12Cl2O2. The largest absolute Gasteiger partial charge is 0.508 e. The molecule has 0 heterocycles. The molecule has 2 nitrogen and oxygen atoms in total. The van der Waals surface area contributed by atoms with Crippen LogP contribution in [0.2, 0.25) is 10.0 Å². The van der Waals surface area contributed by atoms with Gasteiger partial charge < -0.3 is 10.2 Å². The van der Waals surface area contributed by atoms with Crippen LogP contribution in [0.25, 0.3) is 0 Å². The number of benzene rings is 2. The third kappa shape index (κ3) is 2.46. The highest BCUT2D eigenvalue weighted by Crippen LogP contribution is 2.33. The minimum atomic E-state index is -1.19. The number of phenols is 1. The van der Waals surface area contributed by atoms with Crippen molar-refractivity contribution in [3.8, 4) is 5.75 Å². The Balaban J connectivity index is 2.46. The lowest BCUT2D eigenvalue weighted by atomic mass is 9.88.